The molecule has 1 aliphatic carbocycles. The predicted molar refractivity (Wildman–Crippen MR) is 84.0 cm³/mol. The van der Waals surface area contributed by atoms with Crippen LogP contribution in [0.1, 0.15) is 54.6 Å². The minimum absolute atomic E-state index is 0.0338. The monoisotopic (exact) mass is 285 g/mol. The van der Waals surface area contributed by atoms with Crippen LogP contribution in [0.2, 0.25) is 0 Å². The standard InChI is InChI=1S/C18H23NO2/c1-13-9-14(5-4-8-20)11-15(10-13)17(21)19-16-6-7-18(2,3)12-16/h9-11,16,20H,6-8,12H2,1-3H3,(H,19,21). The maximum absolute atomic E-state index is 12.4. The number of hydrogen-bond acceptors (Lipinski definition) is 2. The number of aliphatic hydroxyl groups is 1. The van der Waals surface area contributed by atoms with Gasteiger partial charge in [-0.25, -0.2) is 0 Å². The van der Waals surface area contributed by atoms with E-state index in [1.54, 1.807) is 6.07 Å². The molecular weight excluding hydrogens is 262 g/mol. The molecule has 1 unspecified atom stereocenters. The van der Waals surface area contributed by atoms with Crippen molar-refractivity contribution in [1.82, 2.24) is 5.32 Å². The highest BCUT2D eigenvalue weighted by atomic mass is 16.2. The molecule has 1 aromatic carbocycles. The normalized spacial score (nSPS) is 19.7. The first-order valence-corrected chi connectivity index (χ1v) is 7.42. The lowest BCUT2D eigenvalue weighted by molar-refractivity contribution is 0.0936. The van der Waals surface area contributed by atoms with Crippen molar-refractivity contribution in [2.45, 2.75) is 46.1 Å². The van der Waals surface area contributed by atoms with Gasteiger partial charge >= 0.3 is 0 Å². The average Bonchev–Trinajstić information content (AvgIpc) is 2.75. The second-order valence-corrected chi connectivity index (χ2v) is 6.63. The molecular formula is C18H23NO2. The van der Waals surface area contributed by atoms with Crippen LogP contribution >= 0.6 is 0 Å². The Balaban J connectivity index is 2.10. The van der Waals surface area contributed by atoms with Crippen molar-refractivity contribution in [2.75, 3.05) is 6.61 Å². The van der Waals surface area contributed by atoms with Crippen molar-refractivity contribution in [3.05, 3.63) is 34.9 Å². The van der Waals surface area contributed by atoms with Crippen molar-refractivity contribution in [2.24, 2.45) is 5.41 Å². The second-order valence-electron chi connectivity index (χ2n) is 6.63. The first kappa shape index (κ1) is 15.6. The molecule has 2 N–H and O–H groups in total. The molecule has 0 radical (unpaired) electrons. The third kappa shape index (κ3) is 4.34. The van der Waals surface area contributed by atoms with Gasteiger partial charge in [-0.2, -0.15) is 0 Å². The van der Waals surface area contributed by atoms with Crippen LogP contribution in [-0.2, 0) is 0 Å². The molecule has 2 rings (SSSR count). The third-order valence-electron chi connectivity index (χ3n) is 3.96. The van der Waals surface area contributed by atoms with Gasteiger partial charge in [-0.3, -0.25) is 4.79 Å². The molecule has 0 heterocycles. The van der Waals surface area contributed by atoms with Gasteiger partial charge in [0.1, 0.15) is 6.61 Å². The Morgan fingerprint density at radius 3 is 2.81 bits per heavy atom. The van der Waals surface area contributed by atoms with Crippen LogP contribution in [0.3, 0.4) is 0 Å². The lowest BCUT2D eigenvalue weighted by Gasteiger charge is -2.18. The number of nitrogens with one attached hydrogen (secondary N) is 1. The van der Waals surface area contributed by atoms with Crippen LogP contribution in [0.15, 0.2) is 18.2 Å². The van der Waals surface area contributed by atoms with Crippen LogP contribution in [0, 0.1) is 24.2 Å². The van der Waals surface area contributed by atoms with Crippen LogP contribution in [-0.4, -0.2) is 23.7 Å². The summed E-state index contributed by atoms with van der Waals surface area (Å²) in [5.74, 6) is 5.44. The Bertz CT molecular complexity index is 593. The summed E-state index contributed by atoms with van der Waals surface area (Å²) in [7, 11) is 0. The molecule has 0 saturated heterocycles. The number of amides is 1. The highest BCUT2D eigenvalue weighted by Gasteiger charge is 2.31. The van der Waals surface area contributed by atoms with Crippen molar-refractivity contribution in [3.8, 4) is 11.8 Å². The van der Waals surface area contributed by atoms with E-state index in [1.807, 2.05) is 19.1 Å². The van der Waals surface area contributed by atoms with E-state index in [1.165, 1.54) is 0 Å². The molecule has 0 aromatic heterocycles. The van der Waals surface area contributed by atoms with E-state index in [4.69, 9.17) is 5.11 Å². The minimum Gasteiger partial charge on any atom is -0.384 e. The Morgan fingerprint density at radius 1 is 1.43 bits per heavy atom. The number of benzene rings is 1. The van der Waals surface area contributed by atoms with E-state index < -0.39 is 0 Å². The topological polar surface area (TPSA) is 49.3 Å². The van der Waals surface area contributed by atoms with Crippen LogP contribution in [0.4, 0.5) is 0 Å². The Hall–Kier alpha value is -1.79. The van der Waals surface area contributed by atoms with Crippen molar-refractivity contribution < 1.29 is 9.90 Å². The molecule has 1 saturated carbocycles. The molecule has 0 spiro atoms. The molecule has 1 aliphatic rings. The SMILES string of the molecule is Cc1cc(C#CCO)cc(C(=O)NC2CCC(C)(C)C2)c1. The van der Waals surface area contributed by atoms with Gasteiger partial charge in [0, 0.05) is 17.2 Å². The summed E-state index contributed by atoms with van der Waals surface area (Å²) in [4.78, 5) is 12.4. The number of aliphatic hydroxyl groups excluding tert-OH is 1. The summed E-state index contributed by atoms with van der Waals surface area (Å²) in [6, 6.07) is 5.84. The van der Waals surface area contributed by atoms with Crippen molar-refractivity contribution >= 4 is 5.91 Å². The van der Waals surface area contributed by atoms with E-state index in [-0.39, 0.29) is 18.6 Å². The number of hydrogen-bond donors (Lipinski definition) is 2. The Morgan fingerprint density at radius 2 is 2.19 bits per heavy atom. The maximum atomic E-state index is 12.4. The first-order valence-electron chi connectivity index (χ1n) is 7.42. The highest BCUT2D eigenvalue weighted by molar-refractivity contribution is 5.95. The van der Waals surface area contributed by atoms with Crippen LogP contribution < -0.4 is 5.32 Å². The predicted octanol–water partition coefficient (Wildman–Crippen LogP) is 2.65. The zero-order valence-electron chi connectivity index (χ0n) is 13.0. The van der Waals surface area contributed by atoms with E-state index in [2.05, 4.69) is 31.0 Å². The molecule has 3 heteroatoms. The molecule has 112 valence electrons. The van der Waals surface area contributed by atoms with E-state index in [9.17, 15) is 4.79 Å². The zero-order valence-corrected chi connectivity index (χ0v) is 13.0. The van der Waals surface area contributed by atoms with Crippen LogP contribution in [0.25, 0.3) is 0 Å². The average molecular weight is 285 g/mol. The number of aryl methyl sites for hydroxylation is 1. The van der Waals surface area contributed by atoms with Gasteiger partial charge in [-0.15, -0.1) is 0 Å². The largest absolute Gasteiger partial charge is 0.384 e. The summed E-state index contributed by atoms with van der Waals surface area (Å²) in [5, 5.41) is 11.9. The van der Waals surface area contributed by atoms with Gasteiger partial charge in [0.15, 0.2) is 0 Å². The summed E-state index contributed by atoms with van der Waals surface area (Å²) >= 11 is 0. The number of carbonyl (C=O) groups excluding carboxylic acids is 1. The van der Waals surface area contributed by atoms with E-state index in [0.717, 1.165) is 30.4 Å². The van der Waals surface area contributed by atoms with Gasteiger partial charge in [-0.1, -0.05) is 25.7 Å². The molecule has 3 nitrogen and oxygen atoms in total. The van der Waals surface area contributed by atoms with Gasteiger partial charge in [0.2, 0.25) is 0 Å². The smallest absolute Gasteiger partial charge is 0.251 e. The summed E-state index contributed by atoms with van der Waals surface area (Å²) < 4.78 is 0. The lowest BCUT2D eigenvalue weighted by atomic mass is 9.92. The van der Waals surface area contributed by atoms with E-state index >= 15 is 0 Å². The fraction of sp³-hybridized carbons (Fsp3) is 0.500. The highest BCUT2D eigenvalue weighted by Crippen LogP contribution is 2.36. The molecule has 1 amide bonds. The third-order valence-corrected chi connectivity index (χ3v) is 3.96. The van der Waals surface area contributed by atoms with Gasteiger partial charge in [-0.05, 0) is 55.4 Å². The number of rotatable bonds is 2. The quantitative estimate of drug-likeness (QED) is 0.821. The van der Waals surface area contributed by atoms with Gasteiger partial charge in [0.05, 0.1) is 0 Å². The van der Waals surface area contributed by atoms with Gasteiger partial charge < -0.3 is 10.4 Å². The minimum atomic E-state index is -0.174. The summed E-state index contributed by atoms with van der Waals surface area (Å²) in [6.07, 6.45) is 3.22. The molecule has 1 atom stereocenters. The van der Waals surface area contributed by atoms with Crippen molar-refractivity contribution in [1.29, 1.82) is 0 Å². The second kappa shape index (κ2) is 6.32. The molecule has 0 aliphatic heterocycles. The van der Waals surface area contributed by atoms with Gasteiger partial charge in [0.25, 0.3) is 5.91 Å². The van der Waals surface area contributed by atoms with Crippen LogP contribution in [0.5, 0.6) is 0 Å². The first-order chi connectivity index (χ1) is 9.89. The fourth-order valence-corrected chi connectivity index (χ4v) is 2.96. The lowest BCUT2D eigenvalue weighted by Crippen LogP contribution is -2.33. The summed E-state index contributed by atoms with van der Waals surface area (Å²) in [5.41, 5.74) is 2.72. The zero-order chi connectivity index (χ0) is 15.5. The number of carbonyl (C=O) groups is 1. The molecule has 21 heavy (non-hydrogen) atoms. The molecule has 1 fully saturated rings. The molecule has 0 bridgehead atoms. The summed E-state index contributed by atoms with van der Waals surface area (Å²) in [6.45, 7) is 6.26. The Kier molecular flexibility index (Phi) is 4.69. The van der Waals surface area contributed by atoms with E-state index in [0.29, 0.717) is 11.0 Å². The maximum Gasteiger partial charge on any atom is 0.251 e. The van der Waals surface area contributed by atoms with Crippen molar-refractivity contribution in [3.63, 3.8) is 0 Å². The fourth-order valence-electron chi connectivity index (χ4n) is 2.96. The molecule has 1 aromatic rings. The Labute approximate surface area is 126 Å².